The highest BCUT2D eigenvalue weighted by atomic mass is 16.6. The van der Waals surface area contributed by atoms with Crippen LogP contribution in [0, 0.1) is 10.1 Å². The van der Waals surface area contributed by atoms with E-state index in [4.69, 9.17) is 4.74 Å². The molecule has 0 saturated heterocycles. The Hall–Kier alpha value is -2.63. The molecule has 21 heavy (non-hydrogen) atoms. The van der Waals surface area contributed by atoms with Crippen LogP contribution in [0.4, 0.5) is 11.4 Å². The number of benzene rings is 1. The summed E-state index contributed by atoms with van der Waals surface area (Å²) in [7, 11) is 0. The topological polar surface area (TPSA) is 77.3 Å². The Labute approximate surface area is 122 Å². The van der Waals surface area contributed by atoms with Crippen LogP contribution in [0.1, 0.15) is 25.5 Å². The first-order valence-electron chi connectivity index (χ1n) is 6.69. The number of nitrogens with zero attached hydrogens (tertiary/aromatic N) is 2. The minimum Gasteiger partial charge on any atom is -0.487 e. The minimum absolute atomic E-state index is 0.0287. The van der Waals surface area contributed by atoms with E-state index < -0.39 is 4.92 Å². The number of hydrogen-bond donors (Lipinski definition) is 1. The summed E-state index contributed by atoms with van der Waals surface area (Å²) in [5, 5.41) is 14.2. The van der Waals surface area contributed by atoms with Crippen LogP contribution in [0.2, 0.25) is 0 Å². The van der Waals surface area contributed by atoms with E-state index in [0.717, 1.165) is 11.3 Å². The van der Waals surface area contributed by atoms with E-state index >= 15 is 0 Å². The zero-order valence-corrected chi connectivity index (χ0v) is 11.9. The number of nitrogens with one attached hydrogen (secondary N) is 1. The molecule has 1 heterocycles. The highest BCUT2D eigenvalue weighted by molar-refractivity contribution is 5.58. The standard InChI is InChI=1S/C15H17N3O3/c1-3-21-15-10-13(4-5-14(15)18(19)20)17-11(2)12-6-8-16-9-7-12/h4-11,17H,3H2,1-2H3. The number of aromatic nitrogens is 1. The van der Waals surface area contributed by atoms with E-state index in [1.807, 2.05) is 19.1 Å². The molecular formula is C15H17N3O3. The second kappa shape index (κ2) is 6.69. The molecule has 0 bridgehead atoms. The van der Waals surface area contributed by atoms with Gasteiger partial charge in [-0.2, -0.15) is 0 Å². The molecule has 0 aliphatic carbocycles. The zero-order valence-electron chi connectivity index (χ0n) is 11.9. The number of nitro benzene ring substituents is 1. The summed E-state index contributed by atoms with van der Waals surface area (Å²) in [6, 6.07) is 8.69. The predicted octanol–water partition coefficient (Wildman–Crippen LogP) is 3.56. The number of ether oxygens (including phenoxy) is 1. The second-order valence-electron chi connectivity index (χ2n) is 4.52. The van der Waals surface area contributed by atoms with Crippen molar-refractivity contribution in [3.63, 3.8) is 0 Å². The van der Waals surface area contributed by atoms with Gasteiger partial charge in [0.1, 0.15) is 0 Å². The van der Waals surface area contributed by atoms with Gasteiger partial charge in [-0.15, -0.1) is 0 Å². The largest absolute Gasteiger partial charge is 0.487 e. The van der Waals surface area contributed by atoms with Gasteiger partial charge < -0.3 is 10.1 Å². The maximum atomic E-state index is 10.9. The molecule has 6 nitrogen and oxygen atoms in total. The highest BCUT2D eigenvalue weighted by Gasteiger charge is 2.16. The molecule has 0 aliphatic rings. The highest BCUT2D eigenvalue weighted by Crippen LogP contribution is 2.31. The Morgan fingerprint density at radius 2 is 2.05 bits per heavy atom. The molecule has 2 rings (SSSR count). The molecular weight excluding hydrogens is 270 g/mol. The van der Waals surface area contributed by atoms with Crippen molar-refractivity contribution in [3.8, 4) is 5.75 Å². The average Bonchev–Trinajstić information content (AvgIpc) is 2.48. The lowest BCUT2D eigenvalue weighted by atomic mass is 10.1. The number of hydrogen-bond acceptors (Lipinski definition) is 5. The Kier molecular flexibility index (Phi) is 4.71. The maximum Gasteiger partial charge on any atom is 0.311 e. The normalized spacial score (nSPS) is 11.7. The molecule has 110 valence electrons. The van der Waals surface area contributed by atoms with Crippen LogP contribution < -0.4 is 10.1 Å². The fourth-order valence-corrected chi connectivity index (χ4v) is 2.01. The third-order valence-electron chi connectivity index (χ3n) is 3.05. The van der Waals surface area contributed by atoms with E-state index in [2.05, 4.69) is 10.3 Å². The van der Waals surface area contributed by atoms with Gasteiger partial charge in [0.2, 0.25) is 0 Å². The number of rotatable bonds is 6. The van der Waals surface area contributed by atoms with Gasteiger partial charge in [0.15, 0.2) is 5.75 Å². The molecule has 0 aliphatic heterocycles. The lowest BCUT2D eigenvalue weighted by Crippen LogP contribution is -2.07. The van der Waals surface area contributed by atoms with Crippen molar-refractivity contribution in [3.05, 3.63) is 58.4 Å². The van der Waals surface area contributed by atoms with Crippen molar-refractivity contribution < 1.29 is 9.66 Å². The third-order valence-corrected chi connectivity index (χ3v) is 3.05. The van der Waals surface area contributed by atoms with E-state index in [9.17, 15) is 10.1 Å². The number of pyridine rings is 1. The van der Waals surface area contributed by atoms with Crippen molar-refractivity contribution in [2.45, 2.75) is 19.9 Å². The van der Waals surface area contributed by atoms with Crippen LogP contribution in [0.5, 0.6) is 5.75 Å². The second-order valence-corrected chi connectivity index (χ2v) is 4.52. The molecule has 0 amide bonds. The summed E-state index contributed by atoms with van der Waals surface area (Å²) in [6.45, 7) is 4.19. The summed E-state index contributed by atoms with van der Waals surface area (Å²) < 4.78 is 5.33. The van der Waals surface area contributed by atoms with E-state index in [1.165, 1.54) is 6.07 Å². The van der Waals surface area contributed by atoms with Crippen molar-refractivity contribution in [2.24, 2.45) is 0 Å². The first kappa shape index (κ1) is 14.8. The molecule has 0 fully saturated rings. The minimum atomic E-state index is -0.443. The van der Waals surface area contributed by atoms with Gasteiger partial charge in [0, 0.05) is 36.3 Å². The lowest BCUT2D eigenvalue weighted by Gasteiger charge is -2.16. The van der Waals surface area contributed by atoms with Crippen LogP contribution in [0.25, 0.3) is 0 Å². The van der Waals surface area contributed by atoms with Crippen molar-refractivity contribution in [1.29, 1.82) is 0 Å². The quantitative estimate of drug-likeness (QED) is 0.649. The molecule has 0 saturated carbocycles. The molecule has 1 N–H and O–H groups in total. The van der Waals surface area contributed by atoms with Gasteiger partial charge in [-0.25, -0.2) is 0 Å². The Morgan fingerprint density at radius 1 is 1.33 bits per heavy atom. The summed E-state index contributed by atoms with van der Waals surface area (Å²) in [6.07, 6.45) is 3.46. The molecule has 1 unspecified atom stereocenters. The van der Waals surface area contributed by atoms with Crippen LogP contribution in [-0.4, -0.2) is 16.5 Å². The van der Waals surface area contributed by atoms with Crippen LogP contribution in [0.15, 0.2) is 42.7 Å². The average molecular weight is 287 g/mol. The van der Waals surface area contributed by atoms with Crippen molar-refractivity contribution in [2.75, 3.05) is 11.9 Å². The fraction of sp³-hybridized carbons (Fsp3) is 0.267. The van der Waals surface area contributed by atoms with Crippen LogP contribution >= 0.6 is 0 Å². The molecule has 6 heteroatoms. The summed E-state index contributed by atoms with van der Waals surface area (Å²) >= 11 is 0. The zero-order chi connectivity index (χ0) is 15.2. The van der Waals surface area contributed by atoms with Gasteiger partial charge in [0.25, 0.3) is 0 Å². The predicted molar refractivity (Wildman–Crippen MR) is 80.5 cm³/mol. The molecule has 0 radical (unpaired) electrons. The van der Waals surface area contributed by atoms with Gasteiger partial charge in [-0.05, 0) is 37.6 Å². The van der Waals surface area contributed by atoms with Crippen LogP contribution in [0.3, 0.4) is 0 Å². The van der Waals surface area contributed by atoms with E-state index in [-0.39, 0.29) is 17.5 Å². The van der Waals surface area contributed by atoms with E-state index in [1.54, 1.807) is 31.5 Å². The first-order chi connectivity index (χ1) is 10.1. The van der Waals surface area contributed by atoms with Crippen molar-refractivity contribution >= 4 is 11.4 Å². The molecule has 1 aromatic heterocycles. The van der Waals surface area contributed by atoms with Crippen LogP contribution in [-0.2, 0) is 0 Å². The van der Waals surface area contributed by atoms with Gasteiger partial charge in [-0.3, -0.25) is 15.1 Å². The fourth-order valence-electron chi connectivity index (χ4n) is 2.01. The maximum absolute atomic E-state index is 10.9. The monoisotopic (exact) mass is 287 g/mol. The summed E-state index contributed by atoms with van der Waals surface area (Å²) in [5.74, 6) is 0.273. The third kappa shape index (κ3) is 3.68. The summed E-state index contributed by atoms with van der Waals surface area (Å²) in [5.41, 5.74) is 1.83. The Bertz CT molecular complexity index is 617. The molecule has 1 aromatic carbocycles. The number of nitro groups is 1. The molecule has 1 atom stereocenters. The summed E-state index contributed by atoms with van der Waals surface area (Å²) in [4.78, 5) is 14.5. The smallest absolute Gasteiger partial charge is 0.311 e. The first-order valence-corrected chi connectivity index (χ1v) is 6.69. The number of anilines is 1. The SMILES string of the molecule is CCOc1cc(NC(C)c2ccncc2)ccc1[N+](=O)[O-]. The van der Waals surface area contributed by atoms with Crippen molar-refractivity contribution in [1.82, 2.24) is 4.98 Å². The van der Waals surface area contributed by atoms with Gasteiger partial charge >= 0.3 is 5.69 Å². The Morgan fingerprint density at radius 3 is 2.67 bits per heavy atom. The molecule has 0 spiro atoms. The van der Waals surface area contributed by atoms with E-state index in [0.29, 0.717) is 6.61 Å². The Balaban J connectivity index is 2.21. The van der Waals surface area contributed by atoms with Gasteiger partial charge in [0.05, 0.1) is 11.5 Å². The van der Waals surface area contributed by atoms with Gasteiger partial charge in [-0.1, -0.05) is 0 Å². The lowest BCUT2D eigenvalue weighted by molar-refractivity contribution is -0.385. The molecule has 2 aromatic rings.